The van der Waals surface area contributed by atoms with Gasteiger partial charge >= 0.3 is 17.9 Å². The number of benzene rings is 6. The van der Waals surface area contributed by atoms with Crippen molar-refractivity contribution >= 4 is 186 Å². The van der Waals surface area contributed by atoms with E-state index in [4.69, 9.17) is 79.1 Å². The second kappa shape index (κ2) is 24.6. The van der Waals surface area contributed by atoms with Crippen molar-refractivity contribution < 1.29 is 29.0 Å². The van der Waals surface area contributed by atoms with Gasteiger partial charge in [0, 0.05) is 89.1 Å². The molecule has 0 amide bonds. The molecular formula is C57H53BrCl6N6O9. The van der Waals surface area contributed by atoms with E-state index in [-0.39, 0.29) is 55.1 Å². The van der Waals surface area contributed by atoms with Gasteiger partial charge in [-0.1, -0.05) is 69.6 Å². The highest BCUT2D eigenvalue weighted by Gasteiger charge is 2.24. The van der Waals surface area contributed by atoms with Gasteiger partial charge in [0.2, 0.25) is 0 Å². The van der Waals surface area contributed by atoms with Gasteiger partial charge in [0.15, 0.2) is 16.3 Å². The molecule has 9 rings (SSSR count). The van der Waals surface area contributed by atoms with Crippen LogP contribution in [0, 0.1) is 13.8 Å². The number of ether oxygens (including phenoxy) is 2. The number of esters is 2. The standard InChI is InChI=1S/C20H20Cl2N2O3.C19H17BrCl2N2O3.C18H16Cl2N2O3/c1-5-27-17(25)10-24-16-8-11(2)15(22)9-13(16)20(26)12-6-7-14(21)19(18(12)24)23(3)4;1-4-27-16(25)9-24-15-8-12(20)14(22)7-11(15)19(26)10-5-6-13(21)18(17(10)24)23(2)3;1-9-6-14-11(7-13(9)20)18(25)10-4-5-12(19)17(21(2)3)16(10)22(14)8-15(23)24/h6-9H,5,10H2,1-4H3;5-8H,4,9H2,1-3H3;4-7H,8H2,1-3H3,(H,23,24). The molecular weight excluding hydrogens is 1210 g/mol. The molecule has 414 valence electrons. The number of rotatable bonds is 11. The Bertz CT molecular complexity index is 4000. The monoisotopic (exact) mass is 1250 g/mol. The number of nitrogens with zero attached hydrogens (tertiary/aromatic N) is 6. The minimum absolute atomic E-state index is 0.0383. The molecule has 3 heterocycles. The summed E-state index contributed by atoms with van der Waals surface area (Å²) in [6.45, 7) is 7.33. The van der Waals surface area contributed by atoms with E-state index in [1.54, 1.807) is 113 Å². The normalized spacial score (nSPS) is 11.2. The van der Waals surface area contributed by atoms with E-state index in [0.717, 1.165) is 11.1 Å². The van der Waals surface area contributed by atoms with Crippen LogP contribution in [0.15, 0.2) is 91.7 Å². The van der Waals surface area contributed by atoms with Gasteiger partial charge in [0.25, 0.3) is 0 Å². The van der Waals surface area contributed by atoms with Crippen molar-refractivity contribution in [1.29, 1.82) is 0 Å². The molecule has 22 heteroatoms. The van der Waals surface area contributed by atoms with Crippen LogP contribution in [0.3, 0.4) is 0 Å². The lowest BCUT2D eigenvalue weighted by Gasteiger charge is -2.22. The fourth-order valence-corrected chi connectivity index (χ4v) is 11.3. The predicted octanol–water partition coefficient (Wildman–Crippen LogP) is 13.2. The van der Waals surface area contributed by atoms with Crippen LogP contribution in [-0.2, 0) is 43.5 Å². The smallest absolute Gasteiger partial charge is 0.325 e. The van der Waals surface area contributed by atoms with Gasteiger partial charge in [-0.2, -0.15) is 0 Å². The first-order chi connectivity index (χ1) is 37.2. The first-order valence-corrected chi connectivity index (χ1v) is 27.4. The van der Waals surface area contributed by atoms with Crippen LogP contribution in [0.2, 0.25) is 30.1 Å². The molecule has 9 aromatic rings. The van der Waals surface area contributed by atoms with Gasteiger partial charge in [-0.25, -0.2) is 0 Å². The van der Waals surface area contributed by atoms with Gasteiger partial charge in [-0.05, 0) is 128 Å². The number of carboxylic acids is 1. The highest BCUT2D eigenvalue weighted by atomic mass is 79.9. The third-order valence-electron chi connectivity index (χ3n) is 12.9. The highest BCUT2D eigenvalue weighted by Crippen LogP contribution is 2.39. The number of anilines is 3. The summed E-state index contributed by atoms with van der Waals surface area (Å²) in [6, 6.07) is 20.1. The molecule has 0 saturated heterocycles. The molecule has 0 aliphatic carbocycles. The molecule has 0 unspecified atom stereocenters. The molecule has 0 radical (unpaired) electrons. The number of aryl methyl sites for hydroxylation is 2. The zero-order chi connectivity index (χ0) is 58.2. The summed E-state index contributed by atoms with van der Waals surface area (Å²) in [5.74, 6) is -1.80. The van der Waals surface area contributed by atoms with Crippen LogP contribution in [-0.4, -0.2) is 92.2 Å². The number of carbonyl (C=O) groups is 3. The average molecular weight is 1260 g/mol. The molecule has 0 aliphatic heterocycles. The Labute approximate surface area is 491 Å². The van der Waals surface area contributed by atoms with Gasteiger partial charge in [0.05, 0.1) is 83.5 Å². The van der Waals surface area contributed by atoms with Crippen molar-refractivity contribution in [3.8, 4) is 0 Å². The largest absolute Gasteiger partial charge is 0.480 e. The van der Waals surface area contributed by atoms with Crippen molar-refractivity contribution in [3.63, 3.8) is 0 Å². The lowest BCUT2D eigenvalue weighted by atomic mass is 10.1. The Morgan fingerprint density at radius 3 is 1.08 bits per heavy atom. The van der Waals surface area contributed by atoms with Gasteiger partial charge in [-0.3, -0.25) is 28.8 Å². The van der Waals surface area contributed by atoms with Gasteiger partial charge in [-0.15, -0.1) is 0 Å². The molecule has 0 saturated carbocycles. The second-order valence-corrected chi connectivity index (χ2v) is 22.1. The quantitative estimate of drug-likeness (QED) is 0.0964. The van der Waals surface area contributed by atoms with Crippen molar-refractivity contribution in [3.05, 3.63) is 149 Å². The molecule has 0 spiro atoms. The molecule has 79 heavy (non-hydrogen) atoms. The number of aliphatic carboxylic acids is 1. The van der Waals surface area contributed by atoms with E-state index in [9.17, 15) is 33.9 Å². The van der Waals surface area contributed by atoms with Crippen LogP contribution in [0.5, 0.6) is 0 Å². The Hall–Kier alpha value is -6.24. The molecule has 0 atom stereocenters. The number of fused-ring (bicyclic) bond motifs is 6. The highest BCUT2D eigenvalue weighted by molar-refractivity contribution is 9.10. The minimum atomic E-state index is -1.01. The fourth-order valence-electron chi connectivity index (χ4n) is 9.49. The van der Waals surface area contributed by atoms with Crippen LogP contribution in [0.4, 0.5) is 17.1 Å². The van der Waals surface area contributed by atoms with Crippen LogP contribution in [0.25, 0.3) is 65.4 Å². The summed E-state index contributed by atoms with van der Waals surface area (Å²) in [6.07, 6.45) is 0. The number of pyridine rings is 3. The zero-order valence-electron chi connectivity index (χ0n) is 44.5. The van der Waals surface area contributed by atoms with Gasteiger partial charge < -0.3 is 43.0 Å². The van der Waals surface area contributed by atoms with Crippen molar-refractivity contribution in [1.82, 2.24) is 13.7 Å². The molecule has 6 aromatic carbocycles. The van der Waals surface area contributed by atoms with Crippen molar-refractivity contribution in [2.24, 2.45) is 0 Å². The Morgan fingerprint density at radius 2 is 0.772 bits per heavy atom. The molecule has 1 N–H and O–H groups in total. The van der Waals surface area contributed by atoms with E-state index in [1.807, 2.05) is 57.9 Å². The molecule has 0 bridgehead atoms. The number of hydrogen-bond donors (Lipinski definition) is 1. The van der Waals surface area contributed by atoms with Crippen LogP contribution >= 0.6 is 85.5 Å². The Morgan fingerprint density at radius 1 is 0.468 bits per heavy atom. The number of halogens is 7. The summed E-state index contributed by atoms with van der Waals surface area (Å²) in [7, 11) is 11.0. The summed E-state index contributed by atoms with van der Waals surface area (Å²) in [5, 5.41) is 14.8. The topological polar surface area (TPSA) is 166 Å². The molecule has 0 fully saturated rings. The van der Waals surface area contributed by atoms with E-state index < -0.39 is 11.9 Å². The molecule has 15 nitrogen and oxygen atoms in total. The van der Waals surface area contributed by atoms with Gasteiger partial charge in [0.1, 0.15) is 19.6 Å². The predicted molar refractivity (Wildman–Crippen MR) is 328 cm³/mol. The summed E-state index contributed by atoms with van der Waals surface area (Å²) < 4.78 is 16.1. The van der Waals surface area contributed by atoms with E-state index in [0.29, 0.717) is 117 Å². The Balaban J connectivity index is 0.000000172. The minimum Gasteiger partial charge on any atom is -0.480 e. The third kappa shape index (κ3) is 12.0. The number of carboxylic acid groups (broad SMARTS) is 1. The summed E-state index contributed by atoms with van der Waals surface area (Å²) in [5.41, 5.74) is 6.37. The Kier molecular flexibility index (Phi) is 18.8. The van der Waals surface area contributed by atoms with Crippen LogP contribution < -0.4 is 31.0 Å². The first-order valence-electron chi connectivity index (χ1n) is 24.3. The number of hydrogen-bond acceptors (Lipinski definition) is 11. The maximum atomic E-state index is 13.2. The van der Waals surface area contributed by atoms with Crippen LogP contribution in [0.1, 0.15) is 25.0 Å². The molecule has 0 aliphatic rings. The zero-order valence-corrected chi connectivity index (χ0v) is 50.6. The maximum Gasteiger partial charge on any atom is 0.325 e. The van der Waals surface area contributed by atoms with E-state index in [2.05, 4.69) is 15.9 Å². The SMILES string of the molecule is CCOC(=O)Cn1c2cc(Br)c(Cl)cc2c(=O)c2ccc(Cl)c(N(C)C)c21.CCOC(=O)Cn1c2cc(C)c(Cl)cc2c(=O)c2ccc(Cl)c(N(C)C)c21.Cc1cc2c(cc1Cl)c(=O)c1ccc(Cl)c(N(C)C)c1n2CC(=O)O. The fraction of sp³-hybridized carbons (Fsp3) is 0.263. The second-order valence-electron chi connectivity index (χ2n) is 18.8. The van der Waals surface area contributed by atoms with E-state index in [1.165, 1.54) is 0 Å². The lowest BCUT2D eigenvalue weighted by molar-refractivity contribution is -0.144. The lowest BCUT2D eigenvalue weighted by Crippen LogP contribution is -2.21. The van der Waals surface area contributed by atoms with Crippen molar-refractivity contribution in [2.75, 3.05) is 70.2 Å². The third-order valence-corrected chi connectivity index (χ3v) is 15.8. The average Bonchev–Trinajstić information content (AvgIpc) is 3.57. The van der Waals surface area contributed by atoms with E-state index >= 15 is 0 Å². The number of aromatic nitrogens is 3. The summed E-state index contributed by atoms with van der Waals surface area (Å²) in [4.78, 5) is 80.8. The maximum absolute atomic E-state index is 13.2. The first kappa shape index (κ1) is 60.4. The molecule has 3 aromatic heterocycles. The van der Waals surface area contributed by atoms with Crippen molar-refractivity contribution in [2.45, 2.75) is 47.3 Å². The number of carbonyl (C=O) groups excluding carboxylic acids is 2. The summed E-state index contributed by atoms with van der Waals surface area (Å²) >= 11 is 41.2.